The number of carbonyl (C=O) groups is 3. The maximum Gasteiger partial charge on any atom is 0.355 e. The predicted molar refractivity (Wildman–Crippen MR) is 58.8 cm³/mol. The van der Waals surface area contributed by atoms with Crippen LogP contribution in [0.15, 0.2) is 11.3 Å². The number of nitrogens with zero attached hydrogens (tertiary/aromatic N) is 1. The Labute approximate surface area is 99.4 Å². The minimum absolute atomic E-state index is 0.0278. The Kier molecular flexibility index (Phi) is 3.00. The van der Waals surface area contributed by atoms with E-state index in [2.05, 4.69) is 0 Å². The molecule has 0 atom stereocenters. The molecule has 0 unspecified atom stereocenters. The molecule has 0 spiro atoms. The molecule has 17 heavy (non-hydrogen) atoms. The quantitative estimate of drug-likeness (QED) is 0.678. The summed E-state index contributed by atoms with van der Waals surface area (Å²) < 4.78 is 4.92. The van der Waals surface area contributed by atoms with Crippen LogP contribution in [-0.4, -0.2) is 35.2 Å². The number of hydrogen-bond acceptors (Lipinski definition) is 4. The fourth-order valence-electron chi connectivity index (χ4n) is 2.02. The van der Waals surface area contributed by atoms with Crippen LogP contribution < -0.4 is 0 Å². The van der Waals surface area contributed by atoms with E-state index in [9.17, 15) is 14.4 Å². The monoisotopic (exact) mass is 237 g/mol. The van der Waals surface area contributed by atoms with Gasteiger partial charge in [0, 0.05) is 11.6 Å². The first-order valence-corrected chi connectivity index (χ1v) is 5.79. The van der Waals surface area contributed by atoms with Gasteiger partial charge in [-0.25, -0.2) is 4.79 Å². The molecule has 1 aliphatic heterocycles. The van der Waals surface area contributed by atoms with Gasteiger partial charge in [-0.15, -0.1) is 0 Å². The number of esters is 1. The van der Waals surface area contributed by atoms with E-state index >= 15 is 0 Å². The lowest BCUT2D eigenvalue weighted by Gasteiger charge is -2.18. The van der Waals surface area contributed by atoms with Crippen LogP contribution in [0.25, 0.3) is 0 Å². The Morgan fingerprint density at radius 2 is 2.06 bits per heavy atom. The molecule has 1 heterocycles. The second-order valence-corrected chi connectivity index (χ2v) is 4.28. The molecule has 1 amide bonds. The lowest BCUT2D eigenvalue weighted by Crippen LogP contribution is -2.31. The normalized spacial score (nSPS) is 19.9. The molecule has 1 fully saturated rings. The smallest absolute Gasteiger partial charge is 0.355 e. The zero-order chi connectivity index (χ0) is 12.6. The molecule has 92 valence electrons. The van der Waals surface area contributed by atoms with E-state index in [-0.39, 0.29) is 36.5 Å². The van der Waals surface area contributed by atoms with Crippen LogP contribution in [0.5, 0.6) is 0 Å². The fourth-order valence-corrected chi connectivity index (χ4v) is 2.02. The number of hydrogen-bond donors (Lipinski definition) is 0. The first kappa shape index (κ1) is 11.8. The van der Waals surface area contributed by atoms with Crippen LogP contribution in [0.4, 0.5) is 0 Å². The van der Waals surface area contributed by atoms with Crippen LogP contribution in [0, 0.1) is 0 Å². The van der Waals surface area contributed by atoms with Gasteiger partial charge in [0.2, 0.25) is 5.91 Å². The topological polar surface area (TPSA) is 63.7 Å². The van der Waals surface area contributed by atoms with Crippen molar-refractivity contribution in [3.63, 3.8) is 0 Å². The van der Waals surface area contributed by atoms with Crippen molar-refractivity contribution in [2.24, 2.45) is 0 Å². The van der Waals surface area contributed by atoms with Crippen molar-refractivity contribution in [2.45, 2.75) is 39.2 Å². The average Bonchev–Trinajstić information content (AvgIpc) is 3.02. The van der Waals surface area contributed by atoms with Gasteiger partial charge in [-0.05, 0) is 26.7 Å². The highest BCUT2D eigenvalue weighted by Crippen LogP contribution is 2.37. The Morgan fingerprint density at radius 3 is 2.53 bits per heavy atom. The zero-order valence-electron chi connectivity index (χ0n) is 9.99. The highest BCUT2D eigenvalue weighted by molar-refractivity contribution is 6.11. The molecular formula is C12H15NO4. The fraction of sp³-hybridized carbons (Fsp3) is 0.583. The highest BCUT2D eigenvalue weighted by Gasteiger charge is 2.44. The third-order valence-corrected chi connectivity index (χ3v) is 2.93. The minimum Gasteiger partial charge on any atom is -0.461 e. The van der Waals surface area contributed by atoms with E-state index in [4.69, 9.17) is 4.74 Å². The third-order valence-electron chi connectivity index (χ3n) is 2.93. The summed E-state index contributed by atoms with van der Waals surface area (Å²) in [6.07, 6.45) is 1.81. The van der Waals surface area contributed by atoms with Gasteiger partial charge in [-0.2, -0.15) is 0 Å². The summed E-state index contributed by atoms with van der Waals surface area (Å²) in [4.78, 5) is 36.5. The maximum absolute atomic E-state index is 11.8. The summed E-state index contributed by atoms with van der Waals surface area (Å²) >= 11 is 0. The number of ether oxygens (including phenoxy) is 1. The van der Waals surface area contributed by atoms with Crippen molar-refractivity contribution in [3.05, 3.63) is 11.3 Å². The Balaban J connectivity index is 2.35. The van der Waals surface area contributed by atoms with Gasteiger partial charge < -0.3 is 9.64 Å². The molecule has 2 aliphatic rings. The third kappa shape index (κ3) is 2.09. The molecule has 0 saturated heterocycles. The van der Waals surface area contributed by atoms with Gasteiger partial charge in [0.15, 0.2) is 5.78 Å². The van der Waals surface area contributed by atoms with Crippen LogP contribution in [0.1, 0.15) is 33.1 Å². The van der Waals surface area contributed by atoms with E-state index in [1.54, 1.807) is 6.92 Å². The molecule has 0 radical (unpaired) electrons. The molecule has 2 rings (SSSR count). The molecule has 1 aliphatic carbocycles. The van der Waals surface area contributed by atoms with Gasteiger partial charge in [-0.3, -0.25) is 9.59 Å². The molecule has 5 nitrogen and oxygen atoms in total. The summed E-state index contributed by atoms with van der Waals surface area (Å²) in [6.45, 7) is 3.31. The number of ketones is 1. The van der Waals surface area contributed by atoms with Gasteiger partial charge in [-0.1, -0.05) is 0 Å². The second kappa shape index (κ2) is 4.31. The van der Waals surface area contributed by atoms with E-state index < -0.39 is 5.97 Å². The van der Waals surface area contributed by atoms with Crippen molar-refractivity contribution >= 4 is 17.7 Å². The molecule has 0 aromatic carbocycles. The van der Waals surface area contributed by atoms with E-state index in [0.29, 0.717) is 5.57 Å². The summed E-state index contributed by atoms with van der Waals surface area (Å²) in [6, 6.07) is 0.0822. The molecule has 5 heteroatoms. The minimum atomic E-state index is -0.560. The van der Waals surface area contributed by atoms with Gasteiger partial charge in [0.25, 0.3) is 0 Å². The average molecular weight is 237 g/mol. The summed E-state index contributed by atoms with van der Waals surface area (Å²) in [7, 11) is 0. The SMILES string of the molecule is CCOC(=O)C1=C(C(C)=O)CC(=O)N1C1CC1. The lowest BCUT2D eigenvalue weighted by molar-refractivity contribution is -0.143. The van der Waals surface area contributed by atoms with Gasteiger partial charge in [0.05, 0.1) is 13.0 Å². The molecule has 0 bridgehead atoms. The maximum atomic E-state index is 11.8. The second-order valence-electron chi connectivity index (χ2n) is 4.28. The summed E-state index contributed by atoms with van der Waals surface area (Å²) in [5.41, 5.74) is 0.465. The molecule has 0 aromatic heterocycles. The first-order valence-electron chi connectivity index (χ1n) is 5.79. The zero-order valence-corrected chi connectivity index (χ0v) is 9.99. The molecule has 0 aromatic rings. The summed E-state index contributed by atoms with van der Waals surface area (Å²) in [5, 5.41) is 0. The standard InChI is InChI=1S/C12H15NO4/c1-3-17-12(16)11-9(7(2)14)6-10(15)13(11)8-4-5-8/h8H,3-6H2,1-2H3. The highest BCUT2D eigenvalue weighted by atomic mass is 16.5. The van der Waals surface area contributed by atoms with Gasteiger partial charge in [0.1, 0.15) is 5.70 Å². The molecular weight excluding hydrogens is 222 g/mol. The number of carbonyl (C=O) groups excluding carboxylic acids is 3. The Morgan fingerprint density at radius 1 is 1.41 bits per heavy atom. The Bertz CT molecular complexity index is 420. The summed E-state index contributed by atoms with van der Waals surface area (Å²) in [5.74, 6) is -0.958. The van der Waals surface area contributed by atoms with Crippen LogP contribution >= 0.6 is 0 Å². The van der Waals surface area contributed by atoms with Crippen molar-refractivity contribution in [2.75, 3.05) is 6.61 Å². The van der Waals surface area contributed by atoms with Crippen molar-refractivity contribution in [1.29, 1.82) is 0 Å². The Hall–Kier alpha value is -1.65. The number of Topliss-reactive ketones (excluding diaryl/α,β-unsaturated/α-hetero) is 1. The largest absolute Gasteiger partial charge is 0.461 e. The lowest BCUT2D eigenvalue weighted by atomic mass is 10.1. The van der Waals surface area contributed by atoms with Crippen LogP contribution in [-0.2, 0) is 19.1 Å². The van der Waals surface area contributed by atoms with Crippen molar-refractivity contribution in [1.82, 2.24) is 4.90 Å². The predicted octanol–water partition coefficient (Wildman–Crippen LogP) is 0.787. The van der Waals surface area contributed by atoms with E-state index in [1.807, 2.05) is 0 Å². The van der Waals surface area contributed by atoms with Crippen molar-refractivity contribution in [3.8, 4) is 0 Å². The molecule has 0 N–H and O–H groups in total. The van der Waals surface area contributed by atoms with E-state index in [0.717, 1.165) is 12.8 Å². The van der Waals surface area contributed by atoms with Gasteiger partial charge >= 0.3 is 5.97 Å². The van der Waals surface area contributed by atoms with E-state index in [1.165, 1.54) is 11.8 Å². The number of amides is 1. The van der Waals surface area contributed by atoms with Crippen molar-refractivity contribution < 1.29 is 19.1 Å². The number of rotatable bonds is 4. The van der Waals surface area contributed by atoms with Crippen LogP contribution in [0.3, 0.4) is 0 Å². The molecule has 1 saturated carbocycles. The first-order chi connectivity index (χ1) is 8.06. The van der Waals surface area contributed by atoms with Crippen LogP contribution in [0.2, 0.25) is 0 Å².